The first-order chi connectivity index (χ1) is 16.9. The van der Waals surface area contributed by atoms with E-state index in [-0.39, 0.29) is 17.5 Å². The Hall–Kier alpha value is -2.86. The maximum atomic E-state index is 13.7. The fourth-order valence-corrected chi connectivity index (χ4v) is 4.48. The van der Waals surface area contributed by atoms with Gasteiger partial charge in [-0.3, -0.25) is 14.2 Å². The van der Waals surface area contributed by atoms with Crippen LogP contribution in [0.5, 0.6) is 5.75 Å². The van der Waals surface area contributed by atoms with Crippen LogP contribution in [0.3, 0.4) is 0 Å². The summed E-state index contributed by atoms with van der Waals surface area (Å²) in [5, 5.41) is 0.994. The molecule has 0 aliphatic heterocycles. The molecule has 0 radical (unpaired) electrons. The third-order valence-electron chi connectivity index (χ3n) is 6.35. The number of carbonyl (C=O) groups excluding carboxylic acids is 1. The number of unbranched alkanes of at least 4 members (excludes halogenated alkanes) is 4. The normalized spacial score (nSPS) is 12.0. The Bertz CT molecular complexity index is 1190. The van der Waals surface area contributed by atoms with E-state index in [2.05, 4.69) is 13.8 Å². The third-order valence-corrected chi connectivity index (χ3v) is 6.58. The van der Waals surface area contributed by atoms with Crippen LogP contribution < -0.4 is 10.3 Å². The largest absolute Gasteiger partial charge is 0.497 e. The first-order valence-electron chi connectivity index (χ1n) is 12.6. The highest BCUT2D eigenvalue weighted by Crippen LogP contribution is 2.26. The molecule has 7 heteroatoms. The van der Waals surface area contributed by atoms with Crippen LogP contribution in [0.1, 0.15) is 77.6 Å². The van der Waals surface area contributed by atoms with Crippen LogP contribution in [-0.2, 0) is 4.79 Å². The van der Waals surface area contributed by atoms with Crippen LogP contribution in [0.15, 0.2) is 47.3 Å². The number of ether oxygens (including phenoxy) is 1. The molecule has 0 saturated heterocycles. The van der Waals surface area contributed by atoms with Crippen molar-refractivity contribution in [1.29, 1.82) is 0 Å². The molecule has 0 N–H and O–H groups in total. The van der Waals surface area contributed by atoms with E-state index in [4.69, 9.17) is 21.3 Å². The predicted octanol–water partition coefficient (Wildman–Crippen LogP) is 6.71. The Morgan fingerprint density at radius 2 is 1.74 bits per heavy atom. The monoisotopic (exact) mass is 497 g/mol. The van der Waals surface area contributed by atoms with Gasteiger partial charge in [0.05, 0.1) is 29.7 Å². The van der Waals surface area contributed by atoms with E-state index in [1.54, 1.807) is 29.9 Å². The van der Waals surface area contributed by atoms with Gasteiger partial charge in [0, 0.05) is 18.0 Å². The van der Waals surface area contributed by atoms with Crippen molar-refractivity contribution < 1.29 is 9.53 Å². The van der Waals surface area contributed by atoms with Gasteiger partial charge in [-0.1, -0.05) is 51.1 Å². The summed E-state index contributed by atoms with van der Waals surface area (Å²) in [7, 11) is 1.61. The van der Waals surface area contributed by atoms with Crippen LogP contribution in [-0.4, -0.2) is 34.0 Å². The highest BCUT2D eigenvalue weighted by atomic mass is 35.5. The van der Waals surface area contributed by atoms with Gasteiger partial charge in [-0.05, 0) is 62.2 Å². The first kappa shape index (κ1) is 26.7. The smallest absolute Gasteiger partial charge is 0.266 e. The van der Waals surface area contributed by atoms with E-state index < -0.39 is 0 Å². The molecule has 1 atom stereocenters. The van der Waals surface area contributed by atoms with Gasteiger partial charge >= 0.3 is 0 Å². The number of nitrogens with zero attached hydrogens (tertiary/aromatic N) is 3. The summed E-state index contributed by atoms with van der Waals surface area (Å²) in [4.78, 5) is 33.9. The Morgan fingerprint density at radius 3 is 2.40 bits per heavy atom. The molecule has 6 nitrogen and oxygen atoms in total. The van der Waals surface area contributed by atoms with E-state index >= 15 is 0 Å². The van der Waals surface area contributed by atoms with Crippen molar-refractivity contribution in [1.82, 2.24) is 14.5 Å². The molecule has 0 saturated carbocycles. The van der Waals surface area contributed by atoms with Gasteiger partial charge < -0.3 is 9.64 Å². The second-order valence-corrected chi connectivity index (χ2v) is 9.33. The van der Waals surface area contributed by atoms with Gasteiger partial charge in [0.2, 0.25) is 5.91 Å². The molecule has 1 heterocycles. The topological polar surface area (TPSA) is 64.4 Å². The van der Waals surface area contributed by atoms with Gasteiger partial charge in [0.1, 0.15) is 11.6 Å². The Balaban J connectivity index is 2.14. The van der Waals surface area contributed by atoms with Crippen LogP contribution in [0.25, 0.3) is 16.6 Å². The van der Waals surface area contributed by atoms with Crippen molar-refractivity contribution in [3.63, 3.8) is 0 Å². The molecule has 2 aromatic carbocycles. The second kappa shape index (κ2) is 12.7. The van der Waals surface area contributed by atoms with E-state index in [0.717, 1.165) is 38.5 Å². The predicted molar refractivity (Wildman–Crippen MR) is 143 cm³/mol. The number of aromatic nitrogens is 2. The summed E-state index contributed by atoms with van der Waals surface area (Å²) >= 11 is 6.23. The maximum Gasteiger partial charge on any atom is 0.266 e. The lowest BCUT2D eigenvalue weighted by Gasteiger charge is -2.31. The molecule has 0 aliphatic rings. The van der Waals surface area contributed by atoms with E-state index in [9.17, 15) is 9.59 Å². The molecule has 35 heavy (non-hydrogen) atoms. The fourth-order valence-electron chi connectivity index (χ4n) is 4.31. The molecule has 1 unspecified atom stereocenters. The molecule has 1 amide bonds. The van der Waals surface area contributed by atoms with Gasteiger partial charge in [-0.2, -0.15) is 0 Å². The quantitative estimate of drug-likeness (QED) is 0.261. The molecular weight excluding hydrogens is 462 g/mol. The molecule has 3 aromatic rings. The molecule has 0 fully saturated rings. The zero-order chi connectivity index (χ0) is 25.4. The van der Waals surface area contributed by atoms with Crippen molar-refractivity contribution >= 4 is 28.4 Å². The minimum Gasteiger partial charge on any atom is -0.497 e. The highest BCUT2D eigenvalue weighted by Gasteiger charge is 2.26. The lowest BCUT2D eigenvalue weighted by atomic mass is 10.1. The lowest BCUT2D eigenvalue weighted by Crippen LogP contribution is -2.38. The number of hydrogen-bond donors (Lipinski definition) is 0. The van der Waals surface area contributed by atoms with E-state index in [1.165, 1.54) is 0 Å². The fraction of sp³-hybridized carbons (Fsp3) is 0.464. The van der Waals surface area contributed by atoms with Crippen LogP contribution in [0.4, 0.5) is 0 Å². The van der Waals surface area contributed by atoms with Crippen LogP contribution >= 0.6 is 11.6 Å². The number of fused-ring (bicyclic) bond motifs is 1. The minimum absolute atomic E-state index is 0.101. The number of halogens is 1. The highest BCUT2D eigenvalue weighted by molar-refractivity contribution is 6.31. The van der Waals surface area contributed by atoms with Gasteiger partial charge in [0.25, 0.3) is 5.56 Å². The molecule has 0 bridgehead atoms. The maximum absolute atomic E-state index is 13.7. The van der Waals surface area contributed by atoms with Gasteiger partial charge in [0.15, 0.2) is 0 Å². The number of hydrogen-bond acceptors (Lipinski definition) is 4. The van der Waals surface area contributed by atoms with Gasteiger partial charge in [-0.25, -0.2) is 4.98 Å². The molecular formula is C28H36ClN3O3. The third kappa shape index (κ3) is 6.43. The standard InChI is InChI=1S/C28H36ClN3O3/c1-5-7-9-11-26(33)31(18-10-8-6-2)20(3)27-30-25-19-21(29)12-17-24(25)28(34)32(27)22-13-15-23(35-4)16-14-22/h12-17,19-20H,5-11,18H2,1-4H3. The summed E-state index contributed by atoms with van der Waals surface area (Å²) in [6.45, 7) is 6.87. The number of rotatable bonds is 12. The summed E-state index contributed by atoms with van der Waals surface area (Å²) in [6.07, 6.45) is 6.45. The molecule has 0 aliphatic carbocycles. The van der Waals surface area contributed by atoms with E-state index in [1.807, 2.05) is 36.1 Å². The minimum atomic E-state index is -0.390. The zero-order valence-corrected chi connectivity index (χ0v) is 22.0. The summed E-state index contributed by atoms with van der Waals surface area (Å²) < 4.78 is 6.91. The van der Waals surface area contributed by atoms with E-state index in [0.29, 0.717) is 46.2 Å². The van der Waals surface area contributed by atoms with Crippen molar-refractivity contribution in [2.24, 2.45) is 0 Å². The average molecular weight is 498 g/mol. The Labute approximate surface area is 212 Å². The van der Waals surface area contributed by atoms with Crippen molar-refractivity contribution in [2.45, 2.75) is 71.8 Å². The Kier molecular flexibility index (Phi) is 9.73. The SMILES string of the molecule is CCCCCC(=O)N(CCCCC)C(C)c1nc2cc(Cl)ccc2c(=O)n1-c1ccc(OC)cc1. The molecule has 1 aromatic heterocycles. The first-order valence-corrected chi connectivity index (χ1v) is 12.9. The summed E-state index contributed by atoms with van der Waals surface area (Å²) in [6, 6.07) is 12.0. The number of amides is 1. The van der Waals surface area contributed by atoms with Crippen molar-refractivity contribution in [3.05, 3.63) is 63.7 Å². The van der Waals surface area contributed by atoms with Crippen molar-refractivity contribution in [2.75, 3.05) is 13.7 Å². The number of benzene rings is 2. The van der Waals surface area contributed by atoms with Gasteiger partial charge in [-0.15, -0.1) is 0 Å². The van der Waals surface area contributed by atoms with Crippen LogP contribution in [0, 0.1) is 0 Å². The zero-order valence-electron chi connectivity index (χ0n) is 21.2. The summed E-state index contributed by atoms with van der Waals surface area (Å²) in [5.41, 5.74) is 1.01. The average Bonchev–Trinajstić information content (AvgIpc) is 2.86. The molecule has 3 rings (SSSR count). The molecule has 188 valence electrons. The Morgan fingerprint density at radius 1 is 1.06 bits per heavy atom. The lowest BCUT2D eigenvalue weighted by molar-refractivity contribution is -0.133. The number of methoxy groups -OCH3 is 1. The summed E-state index contributed by atoms with van der Waals surface area (Å²) in [5.74, 6) is 1.32. The van der Waals surface area contributed by atoms with Crippen LogP contribution in [0.2, 0.25) is 5.02 Å². The second-order valence-electron chi connectivity index (χ2n) is 8.90. The number of carbonyl (C=O) groups is 1. The van der Waals surface area contributed by atoms with Crippen molar-refractivity contribution in [3.8, 4) is 11.4 Å². The molecule has 0 spiro atoms.